The van der Waals surface area contributed by atoms with E-state index in [1.165, 1.54) is 11.8 Å². The van der Waals surface area contributed by atoms with Crippen molar-refractivity contribution in [2.45, 2.75) is 13.0 Å². The number of carbonyl (C=O) groups excluding carboxylic acids is 2. The molecule has 3 aromatic rings. The molecule has 0 bridgehead atoms. The van der Waals surface area contributed by atoms with Gasteiger partial charge < -0.3 is 10.1 Å². The summed E-state index contributed by atoms with van der Waals surface area (Å²) >= 11 is 0. The number of fused-ring (bicyclic) bond motifs is 1. The van der Waals surface area contributed by atoms with Crippen LogP contribution in [0.3, 0.4) is 0 Å². The number of rotatable bonds is 5. The Morgan fingerprint density at radius 1 is 1.12 bits per heavy atom. The summed E-state index contributed by atoms with van der Waals surface area (Å²) in [5.41, 5.74) is 1.16. The van der Waals surface area contributed by atoms with Crippen LogP contribution in [0.5, 0.6) is 0 Å². The Morgan fingerprint density at radius 2 is 1.85 bits per heavy atom. The second-order valence-electron chi connectivity index (χ2n) is 5.50. The van der Waals surface area contributed by atoms with Gasteiger partial charge in [0.05, 0.1) is 24.6 Å². The van der Waals surface area contributed by atoms with Crippen molar-refractivity contribution in [1.82, 2.24) is 15.0 Å². The number of nitrogens with one attached hydrogen (secondary N) is 1. The molecular weight excluding hydrogens is 336 g/mol. The van der Waals surface area contributed by atoms with Crippen molar-refractivity contribution in [3.8, 4) is 0 Å². The van der Waals surface area contributed by atoms with E-state index < -0.39 is 5.97 Å². The average Bonchev–Trinajstić information content (AvgIpc) is 2.67. The minimum Gasteiger partial charge on any atom is -0.465 e. The van der Waals surface area contributed by atoms with Crippen LogP contribution in [0.2, 0.25) is 0 Å². The third-order valence-electron chi connectivity index (χ3n) is 3.77. The van der Waals surface area contributed by atoms with E-state index in [9.17, 15) is 14.4 Å². The van der Waals surface area contributed by atoms with Crippen molar-refractivity contribution in [2.24, 2.45) is 0 Å². The zero-order chi connectivity index (χ0) is 18.5. The molecule has 0 unspecified atom stereocenters. The van der Waals surface area contributed by atoms with Crippen molar-refractivity contribution in [1.29, 1.82) is 0 Å². The predicted octanol–water partition coefficient (Wildman–Crippen LogP) is 1.61. The molecule has 1 N–H and O–H groups in total. The Bertz CT molecular complexity index is 1010. The zero-order valence-electron chi connectivity index (χ0n) is 14.0. The summed E-state index contributed by atoms with van der Waals surface area (Å²) < 4.78 is 5.78. The van der Waals surface area contributed by atoms with Crippen LogP contribution in [0.4, 0.5) is 5.69 Å². The standard InChI is InChI=1S/C18H16N4O4/c1-26-18(25)12-6-8-13(9-7-12)19-16(23)10-11-22-17(24)14-4-2-3-5-15(14)20-21-22/h2-9H,10-11H2,1H3,(H,19,23). The molecule has 2 aromatic carbocycles. The van der Waals surface area contributed by atoms with Crippen molar-refractivity contribution in [3.05, 3.63) is 64.4 Å². The minimum atomic E-state index is -0.447. The fraction of sp³-hybridized carbons (Fsp3) is 0.167. The molecule has 0 fully saturated rings. The number of carbonyl (C=O) groups is 2. The molecule has 0 spiro atoms. The van der Waals surface area contributed by atoms with Crippen molar-refractivity contribution in [2.75, 3.05) is 12.4 Å². The lowest BCUT2D eigenvalue weighted by Gasteiger charge is -2.07. The van der Waals surface area contributed by atoms with Crippen LogP contribution >= 0.6 is 0 Å². The first-order valence-corrected chi connectivity index (χ1v) is 7.89. The fourth-order valence-corrected chi connectivity index (χ4v) is 2.41. The highest BCUT2D eigenvalue weighted by atomic mass is 16.5. The lowest BCUT2D eigenvalue weighted by molar-refractivity contribution is -0.116. The van der Waals surface area contributed by atoms with Gasteiger partial charge in [-0.15, -0.1) is 5.10 Å². The van der Waals surface area contributed by atoms with E-state index in [1.807, 2.05) is 0 Å². The van der Waals surface area contributed by atoms with Crippen LogP contribution in [0.25, 0.3) is 10.9 Å². The first kappa shape index (κ1) is 17.3. The number of amides is 1. The number of benzene rings is 2. The van der Waals surface area contributed by atoms with E-state index in [-0.39, 0.29) is 24.4 Å². The van der Waals surface area contributed by atoms with Gasteiger partial charge in [0.15, 0.2) is 0 Å². The molecule has 3 rings (SSSR count). The Hall–Kier alpha value is -3.55. The Morgan fingerprint density at radius 3 is 2.58 bits per heavy atom. The van der Waals surface area contributed by atoms with E-state index in [2.05, 4.69) is 20.4 Å². The lowest BCUT2D eigenvalue weighted by Crippen LogP contribution is -2.26. The van der Waals surface area contributed by atoms with E-state index in [4.69, 9.17) is 0 Å². The predicted molar refractivity (Wildman–Crippen MR) is 94.8 cm³/mol. The summed E-state index contributed by atoms with van der Waals surface area (Å²) in [6, 6.07) is 13.2. The molecule has 1 heterocycles. The van der Waals surface area contributed by atoms with E-state index in [0.717, 1.165) is 0 Å². The van der Waals surface area contributed by atoms with Gasteiger partial charge in [0.25, 0.3) is 5.56 Å². The number of anilines is 1. The SMILES string of the molecule is COC(=O)c1ccc(NC(=O)CCn2nnc3ccccc3c2=O)cc1. The molecule has 0 saturated heterocycles. The molecule has 0 radical (unpaired) electrons. The van der Waals surface area contributed by atoms with E-state index in [1.54, 1.807) is 48.5 Å². The molecule has 0 atom stereocenters. The topological polar surface area (TPSA) is 103 Å². The second kappa shape index (κ2) is 7.56. The summed E-state index contributed by atoms with van der Waals surface area (Å²) in [5, 5.41) is 11.0. The molecule has 0 saturated carbocycles. The number of aromatic nitrogens is 3. The second-order valence-corrected chi connectivity index (χ2v) is 5.50. The summed E-state index contributed by atoms with van der Waals surface area (Å²) in [4.78, 5) is 35.8. The highest BCUT2D eigenvalue weighted by molar-refractivity contribution is 5.93. The van der Waals surface area contributed by atoms with Gasteiger partial charge in [-0.25, -0.2) is 9.48 Å². The molecule has 8 heteroatoms. The molecule has 26 heavy (non-hydrogen) atoms. The summed E-state index contributed by atoms with van der Waals surface area (Å²) in [5.74, 6) is -0.727. The van der Waals surface area contributed by atoms with Crippen LogP contribution in [-0.2, 0) is 16.1 Å². The Kier molecular flexibility index (Phi) is 5.02. The van der Waals surface area contributed by atoms with Crippen LogP contribution in [-0.4, -0.2) is 34.0 Å². The highest BCUT2D eigenvalue weighted by Gasteiger charge is 2.09. The monoisotopic (exact) mass is 352 g/mol. The number of esters is 1. The molecular formula is C18H16N4O4. The number of ether oxygens (including phenoxy) is 1. The summed E-state index contributed by atoms with van der Waals surface area (Å²) in [6.07, 6.45) is 0.0612. The molecule has 8 nitrogen and oxygen atoms in total. The quantitative estimate of drug-likeness (QED) is 0.700. The normalized spacial score (nSPS) is 10.5. The fourth-order valence-electron chi connectivity index (χ4n) is 2.41. The number of hydrogen-bond acceptors (Lipinski definition) is 6. The van der Waals surface area contributed by atoms with Gasteiger partial charge in [0, 0.05) is 12.1 Å². The maximum absolute atomic E-state index is 12.3. The van der Waals surface area contributed by atoms with Gasteiger partial charge in [0.1, 0.15) is 5.52 Å². The minimum absolute atomic E-state index is 0.0612. The van der Waals surface area contributed by atoms with Crippen LogP contribution in [0, 0.1) is 0 Å². The molecule has 1 amide bonds. The zero-order valence-corrected chi connectivity index (χ0v) is 14.0. The maximum atomic E-state index is 12.3. The van der Waals surface area contributed by atoms with Crippen LogP contribution in [0.15, 0.2) is 53.3 Å². The van der Waals surface area contributed by atoms with E-state index in [0.29, 0.717) is 22.2 Å². The lowest BCUT2D eigenvalue weighted by atomic mass is 10.2. The van der Waals surface area contributed by atoms with Gasteiger partial charge in [-0.05, 0) is 36.4 Å². The third kappa shape index (κ3) is 3.75. The summed E-state index contributed by atoms with van der Waals surface area (Å²) in [7, 11) is 1.30. The molecule has 1 aromatic heterocycles. The van der Waals surface area contributed by atoms with Crippen LogP contribution < -0.4 is 10.9 Å². The van der Waals surface area contributed by atoms with E-state index >= 15 is 0 Å². The Balaban J connectivity index is 1.63. The van der Waals surface area contributed by atoms with Gasteiger partial charge in [-0.3, -0.25) is 9.59 Å². The number of hydrogen-bond donors (Lipinski definition) is 1. The van der Waals surface area contributed by atoms with Crippen molar-refractivity contribution in [3.63, 3.8) is 0 Å². The summed E-state index contributed by atoms with van der Waals surface area (Å²) in [6.45, 7) is 0.114. The largest absolute Gasteiger partial charge is 0.465 e. The molecule has 0 aliphatic carbocycles. The van der Waals surface area contributed by atoms with Gasteiger partial charge >= 0.3 is 5.97 Å². The third-order valence-corrected chi connectivity index (χ3v) is 3.77. The Labute approximate surface area is 148 Å². The highest BCUT2D eigenvalue weighted by Crippen LogP contribution is 2.11. The number of nitrogens with zero attached hydrogens (tertiary/aromatic N) is 3. The molecule has 0 aliphatic heterocycles. The first-order valence-electron chi connectivity index (χ1n) is 7.89. The van der Waals surface area contributed by atoms with Crippen LogP contribution in [0.1, 0.15) is 16.8 Å². The molecule has 0 aliphatic rings. The smallest absolute Gasteiger partial charge is 0.337 e. The van der Waals surface area contributed by atoms with Crippen molar-refractivity contribution < 1.29 is 14.3 Å². The number of methoxy groups -OCH3 is 1. The average molecular weight is 352 g/mol. The van der Waals surface area contributed by atoms with Gasteiger partial charge in [-0.2, -0.15) is 0 Å². The number of aryl methyl sites for hydroxylation is 1. The molecule has 132 valence electrons. The van der Waals surface area contributed by atoms with Gasteiger partial charge in [0.2, 0.25) is 5.91 Å². The van der Waals surface area contributed by atoms with Crippen molar-refractivity contribution >= 4 is 28.5 Å². The maximum Gasteiger partial charge on any atom is 0.337 e. The van der Waals surface area contributed by atoms with Gasteiger partial charge in [-0.1, -0.05) is 17.3 Å². The first-order chi connectivity index (χ1) is 12.6.